The van der Waals surface area contributed by atoms with Gasteiger partial charge in [0.2, 0.25) is 0 Å². The van der Waals surface area contributed by atoms with Crippen molar-refractivity contribution in [3.63, 3.8) is 0 Å². The third-order valence-electron chi connectivity index (χ3n) is 4.75. The van der Waals surface area contributed by atoms with Crippen molar-refractivity contribution in [1.82, 2.24) is 5.32 Å². The Labute approximate surface area is 126 Å². The first-order valence-corrected chi connectivity index (χ1v) is 8.00. The largest absolute Gasteiger partial charge is 0.341 e. The van der Waals surface area contributed by atoms with E-state index in [0.29, 0.717) is 5.92 Å². The molecule has 2 nitrogen and oxygen atoms in total. The zero-order chi connectivity index (χ0) is 14.2. The Morgan fingerprint density at radius 3 is 2.76 bits per heavy atom. The molecule has 2 aliphatic heterocycles. The Morgan fingerprint density at radius 1 is 1.00 bits per heavy atom. The van der Waals surface area contributed by atoms with Gasteiger partial charge < -0.3 is 10.2 Å². The summed E-state index contributed by atoms with van der Waals surface area (Å²) in [6.07, 6.45) is 2.34. The summed E-state index contributed by atoms with van der Waals surface area (Å²) in [6.45, 7) is 5.59. The first kappa shape index (κ1) is 12.9. The topological polar surface area (TPSA) is 15.3 Å². The van der Waals surface area contributed by atoms with Gasteiger partial charge >= 0.3 is 0 Å². The maximum Gasteiger partial charge on any atom is 0.0447 e. The van der Waals surface area contributed by atoms with E-state index in [1.807, 2.05) is 0 Å². The predicted octanol–water partition coefficient (Wildman–Crippen LogP) is 3.66. The summed E-state index contributed by atoms with van der Waals surface area (Å²) < 4.78 is 0. The van der Waals surface area contributed by atoms with Gasteiger partial charge in [0.05, 0.1) is 0 Å². The maximum absolute atomic E-state index is 3.48. The van der Waals surface area contributed by atoms with Crippen molar-refractivity contribution in [2.75, 3.05) is 18.0 Å². The maximum atomic E-state index is 3.48. The zero-order valence-electron chi connectivity index (χ0n) is 12.6. The molecule has 0 fully saturated rings. The summed E-state index contributed by atoms with van der Waals surface area (Å²) in [7, 11) is 0. The molecular weight excluding hydrogens is 256 g/mol. The van der Waals surface area contributed by atoms with Crippen LogP contribution in [0.3, 0.4) is 0 Å². The van der Waals surface area contributed by atoms with Gasteiger partial charge in [0.15, 0.2) is 0 Å². The molecule has 0 bridgehead atoms. The van der Waals surface area contributed by atoms with Gasteiger partial charge in [-0.2, -0.15) is 0 Å². The number of fused-ring (bicyclic) bond motifs is 2. The second-order valence-corrected chi connectivity index (χ2v) is 6.39. The zero-order valence-corrected chi connectivity index (χ0v) is 12.6. The molecular formula is C19H22N2. The average molecular weight is 278 g/mol. The summed E-state index contributed by atoms with van der Waals surface area (Å²) in [4.78, 5) is 2.55. The Balaban J connectivity index is 1.84. The number of hydrogen-bond donors (Lipinski definition) is 1. The van der Waals surface area contributed by atoms with Crippen LogP contribution in [0.5, 0.6) is 0 Å². The van der Waals surface area contributed by atoms with E-state index in [1.165, 1.54) is 28.9 Å². The van der Waals surface area contributed by atoms with Crippen LogP contribution in [-0.4, -0.2) is 13.1 Å². The second kappa shape index (κ2) is 5.19. The minimum atomic E-state index is 0.706. The smallest absolute Gasteiger partial charge is 0.0447 e. The second-order valence-electron chi connectivity index (χ2n) is 6.39. The molecule has 0 aliphatic carbocycles. The molecule has 1 unspecified atom stereocenters. The summed E-state index contributed by atoms with van der Waals surface area (Å²) >= 11 is 0. The molecule has 0 aromatic heterocycles. The van der Waals surface area contributed by atoms with Crippen LogP contribution in [0, 0.1) is 5.92 Å². The quantitative estimate of drug-likeness (QED) is 0.856. The average Bonchev–Trinajstić information content (AvgIpc) is 2.53. The lowest BCUT2D eigenvalue weighted by Crippen LogP contribution is -2.33. The van der Waals surface area contributed by atoms with Crippen molar-refractivity contribution < 1.29 is 0 Å². The fourth-order valence-corrected chi connectivity index (χ4v) is 3.79. The van der Waals surface area contributed by atoms with E-state index < -0.39 is 0 Å². The molecule has 2 heterocycles. The van der Waals surface area contributed by atoms with Crippen molar-refractivity contribution in [3.05, 3.63) is 59.2 Å². The van der Waals surface area contributed by atoms with E-state index >= 15 is 0 Å². The Morgan fingerprint density at radius 2 is 1.81 bits per heavy atom. The standard InChI is InChI=1S/C19H22N2/c1-14-11-15-5-2-3-7-18(15)21(13-14)19-8-4-6-16-12-20-10-9-17(16)19/h2-8,14,20H,9-13H2,1H3. The number of nitrogens with zero attached hydrogens (tertiary/aromatic N) is 1. The molecule has 0 spiro atoms. The Hall–Kier alpha value is -1.80. The molecule has 1 N–H and O–H groups in total. The van der Waals surface area contributed by atoms with E-state index in [4.69, 9.17) is 0 Å². The van der Waals surface area contributed by atoms with Crippen LogP contribution in [0.4, 0.5) is 11.4 Å². The van der Waals surface area contributed by atoms with Gasteiger partial charge in [0, 0.05) is 24.5 Å². The van der Waals surface area contributed by atoms with Gasteiger partial charge in [0.25, 0.3) is 0 Å². The normalized spacial score (nSPS) is 20.8. The third-order valence-corrected chi connectivity index (χ3v) is 4.75. The molecule has 4 rings (SSSR count). The molecule has 2 aliphatic rings. The van der Waals surface area contributed by atoms with Crippen LogP contribution in [-0.2, 0) is 19.4 Å². The summed E-state index contributed by atoms with van der Waals surface area (Å²) in [5, 5.41) is 3.48. The highest BCUT2D eigenvalue weighted by atomic mass is 15.1. The summed E-state index contributed by atoms with van der Waals surface area (Å²) in [5.74, 6) is 0.706. The van der Waals surface area contributed by atoms with Gasteiger partial charge in [-0.3, -0.25) is 0 Å². The number of para-hydroxylation sites is 1. The van der Waals surface area contributed by atoms with E-state index in [2.05, 4.69) is 59.6 Å². The van der Waals surface area contributed by atoms with Crippen molar-refractivity contribution in [1.29, 1.82) is 0 Å². The van der Waals surface area contributed by atoms with Crippen LogP contribution >= 0.6 is 0 Å². The number of benzene rings is 2. The summed E-state index contributed by atoms with van der Waals surface area (Å²) in [6, 6.07) is 15.7. The SMILES string of the molecule is CC1Cc2ccccc2N(c2cccc3c2CCNC3)C1. The Bertz CT molecular complexity index is 662. The van der Waals surface area contributed by atoms with Crippen LogP contribution in [0.1, 0.15) is 23.6 Å². The number of rotatable bonds is 1. The van der Waals surface area contributed by atoms with Crippen molar-refractivity contribution in [3.8, 4) is 0 Å². The third kappa shape index (κ3) is 2.24. The Kier molecular flexibility index (Phi) is 3.19. The lowest BCUT2D eigenvalue weighted by Gasteiger charge is -2.37. The highest BCUT2D eigenvalue weighted by Gasteiger charge is 2.25. The highest BCUT2D eigenvalue weighted by Crippen LogP contribution is 2.38. The molecule has 2 heteroatoms. The molecule has 2 aromatic rings. The minimum absolute atomic E-state index is 0.706. The summed E-state index contributed by atoms with van der Waals surface area (Å²) in [5.41, 5.74) is 7.33. The van der Waals surface area contributed by atoms with Gasteiger partial charge in [-0.25, -0.2) is 0 Å². The lowest BCUT2D eigenvalue weighted by atomic mass is 9.91. The van der Waals surface area contributed by atoms with Crippen LogP contribution in [0.15, 0.2) is 42.5 Å². The van der Waals surface area contributed by atoms with Crippen LogP contribution in [0.25, 0.3) is 0 Å². The number of hydrogen-bond acceptors (Lipinski definition) is 2. The van der Waals surface area contributed by atoms with Crippen molar-refractivity contribution >= 4 is 11.4 Å². The van der Waals surface area contributed by atoms with Crippen LogP contribution < -0.4 is 10.2 Å². The lowest BCUT2D eigenvalue weighted by molar-refractivity contribution is 0.559. The fourth-order valence-electron chi connectivity index (χ4n) is 3.79. The van der Waals surface area contributed by atoms with Crippen molar-refractivity contribution in [2.24, 2.45) is 5.92 Å². The highest BCUT2D eigenvalue weighted by molar-refractivity contribution is 5.71. The molecule has 1 atom stereocenters. The molecule has 0 saturated carbocycles. The van der Waals surface area contributed by atoms with Crippen molar-refractivity contribution in [2.45, 2.75) is 26.3 Å². The number of nitrogens with one attached hydrogen (secondary N) is 1. The van der Waals surface area contributed by atoms with Gasteiger partial charge in [-0.15, -0.1) is 0 Å². The molecule has 0 amide bonds. The predicted molar refractivity (Wildman–Crippen MR) is 88.2 cm³/mol. The first-order valence-electron chi connectivity index (χ1n) is 8.00. The number of anilines is 2. The molecule has 21 heavy (non-hydrogen) atoms. The molecule has 0 radical (unpaired) electrons. The minimum Gasteiger partial charge on any atom is -0.341 e. The first-order chi connectivity index (χ1) is 10.3. The van der Waals surface area contributed by atoms with E-state index in [-0.39, 0.29) is 0 Å². The molecule has 0 saturated heterocycles. The fraction of sp³-hybridized carbons (Fsp3) is 0.368. The van der Waals surface area contributed by atoms with Gasteiger partial charge in [0.1, 0.15) is 0 Å². The molecule has 108 valence electrons. The van der Waals surface area contributed by atoms with Crippen LogP contribution in [0.2, 0.25) is 0 Å². The monoisotopic (exact) mass is 278 g/mol. The van der Waals surface area contributed by atoms with Gasteiger partial charge in [-0.05, 0) is 54.1 Å². The van der Waals surface area contributed by atoms with E-state index in [9.17, 15) is 0 Å². The molecule has 2 aromatic carbocycles. The van der Waals surface area contributed by atoms with E-state index in [0.717, 1.165) is 26.1 Å². The van der Waals surface area contributed by atoms with Gasteiger partial charge in [-0.1, -0.05) is 37.3 Å². The van der Waals surface area contributed by atoms with E-state index in [1.54, 1.807) is 5.56 Å².